The molecule has 6 nitrogen and oxygen atoms in total. The quantitative estimate of drug-likeness (QED) is 0.883. The van der Waals surface area contributed by atoms with Gasteiger partial charge in [-0.3, -0.25) is 4.79 Å². The van der Waals surface area contributed by atoms with Crippen LogP contribution in [-0.4, -0.2) is 49.2 Å². The molecule has 1 aliphatic heterocycles. The van der Waals surface area contributed by atoms with E-state index < -0.39 is 0 Å². The second-order valence-corrected chi connectivity index (χ2v) is 5.98. The van der Waals surface area contributed by atoms with Gasteiger partial charge in [0.2, 0.25) is 0 Å². The molecule has 1 unspecified atom stereocenters. The summed E-state index contributed by atoms with van der Waals surface area (Å²) < 4.78 is 7.74. The summed E-state index contributed by atoms with van der Waals surface area (Å²) in [6, 6.07) is 0.0505. The normalized spacial score (nSPS) is 19.6. The smallest absolute Gasteiger partial charge is 0.283 e. The highest BCUT2D eigenvalue weighted by Gasteiger charge is 2.23. The predicted molar refractivity (Wildman–Crippen MR) is 82.5 cm³/mol. The first-order valence-corrected chi connectivity index (χ1v) is 7.62. The second kappa shape index (κ2) is 6.69. The van der Waals surface area contributed by atoms with Crippen LogP contribution in [0.15, 0.2) is 15.5 Å². The zero-order valence-corrected chi connectivity index (χ0v) is 13.7. The molecule has 0 bridgehead atoms. The monoisotopic (exact) mass is 344 g/mol. The Hall–Kier alpha value is -0.920. The van der Waals surface area contributed by atoms with Crippen LogP contribution in [0.2, 0.25) is 0 Å². The van der Waals surface area contributed by atoms with Crippen LogP contribution >= 0.6 is 15.9 Å². The minimum absolute atomic E-state index is 0.0505. The van der Waals surface area contributed by atoms with Crippen molar-refractivity contribution in [3.8, 4) is 0 Å². The molecule has 0 saturated carbocycles. The van der Waals surface area contributed by atoms with Crippen molar-refractivity contribution in [3.05, 3.63) is 21.0 Å². The lowest BCUT2D eigenvalue weighted by molar-refractivity contribution is 0.0421. The van der Waals surface area contributed by atoms with Gasteiger partial charge in [0.25, 0.3) is 5.56 Å². The molecular weight excluding hydrogens is 324 g/mol. The van der Waals surface area contributed by atoms with Crippen molar-refractivity contribution in [2.45, 2.75) is 26.0 Å². The van der Waals surface area contributed by atoms with Crippen molar-refractivity contribution in [1.82, 2.24) is 15.1 Å². The van der Waals surface area contributed by atoms with E-state index >= 15 is 0 Å². The van der Waals surface area contributed by atoms with Gasteiger partial charge in [-0.15, -0.1) is 0 Å². The van der Waals surface area contributed by atoms with Gasteiger partial charge >= 0.3 is 0 Å². The molecule has 20 heavy (non-hydrogen) atoms. The Morgan fingerprint density at radius 3 is 3.00 bits per heavy atom. The second-order valence-electron chi connectivity index (χ2n) is 5.18. The summed E-state index contributed by atoms with van der Waals surface area (Å²) in [5, 5.41) is 7.38. The summed E-state index contributed by atoms with van der Waals surface area (Å²) in [7, 11) is 1.91. The first kappa shape index (κ1) is 15.5. The Bertz CT molecular complexity index is 516. The van der Waals surface area contributed by atoms with Gasteiger partial charge in [0, 0.05) is 19.6 Å². The minimum Gasteiger partial charge on any atom is -0.373 e. The van der Waals surface area contributed by atoms with Crippen LogP contribution in [0, 0.1) is 0 Å². The van der Waals surface area contributed by atoms with E-state index in [9.17, 15) is 4.79 Å². The first-order chi connectivity index (χ1) is 9.54. The number of anilines is 1. The van der Waals surface area contributed by atoms with Gasteiger partial charge in [0.1, 0.15) is 4.47 Å². The fourth-order valence-corrected chi connectivity index (χ4v) is 2.85. The number of halogens is 1. The van der Waals surface area contributed by atoms with Gasteiger partial charge in [-0.1, -0.05) is 0 Å². The van der Waals surface area contributed by atoms with Crippen molar-refractivity contribution in [1.29, 1.82) is 0 Å². The third-order valence-electron chi connectivity index (χ3n) is 3.33. The number of nitrogens with one attached hydrogen (secondary N) is 1. The lowest BCUT2D eigenvalue weighted by Crippen LogP contribution is -2.47. The lowest BCUT2D eigenvalue weighted by Gasteiger charge is -2.34. The summed E-state index contributed by atoms with van der Waals surface area (Å²) in [4.78, 5) is 14.4. The number of hydrogen-bond donors (Lipinski definition) is 1. The van der Waals surface area contributed by atoms with Crippen LogP contribution in [0.1, 0.15) is 19.9 Å². The Morgan fingerprint density at radius 1 is 1.60 bits per heavy atom. The Kier molecular flexibility index (Phi) is 5.17. The molecule has 1 aromatic rings. The van der Waals surface area contributed by atoms with Crippen LogP contribution in [0.4, 0.5) is 5.69 Å². The van der Waals surface area contributed by atoms with Gasteiger partial charge < -0.3 is 15.0 Å². The third kappa shape index (κ3) is 3.21. The summed E-state index contributed by atoms with van der Waals surface area (Å²) in [6.45, 7) is 6.87. The number of aromatic nitrogens is 2. The Balaban J connectivity index is 2.25. The average Bonchev–Trinajstić information content (AvgIpc) is 2.42. The number of ether oxygens (including phenoxy) is 1. The number of nitrogens with zero attached hydrogens (tertiary/aromatic N) is 3. The van der Waals surface area contributed by atoms with Crippen LogP contribution in [0.5, 0.6) is 0 Å². The molecular formula is C13H21BrN4O2. The van der Waals surface area contributed by atoms with E-state index in [1.54, 1.807) is 6.20 Å². The van der Waals surface area contributed by atoms with E-state index in [0.29, 0.717) is 11.1 Å². The van der Waals surface area contributed by atoms with Gasteiger partial charge in [-0.2, -0.15) is 5.10 Å². The lowest BCUT2D eigenvalue weighted by atomic mass is 10.2. The van der Waals surface area contributed by atoms with Crippen molar-refractivity contribution in [2.24, 2.45) is 0 Å². The van der Waals surface area contributed by atoms with Crippen LogP contribution in [0.3, 0.4) is 0 Å². The topological polar surface area (TPSA) is 59.4 Å². The molecule has 1 fully saturated rings. The largest absolute Gasteiger partial charge is 0.373 e. The molecule has 2 rings (SSSR count). The fraction of sp³-hybridized carbons (Fsp3) is 0.692. The van der Waals surface area contributed by atoms with Crippen molar-refractivity contribution in [2.75, 3.05) is 38.2 Å². The highest BCUT2D eigenvalue weighted by atomic mass is 79.9. The molecule has 2 heterocycles. The van der Waals surface area contributed by atoms with Crippen molar-refractivity contribution < 1.29 is 4.74 Å². The summed E-state index contributed by atoms with van der Waals surface area (Å²) in [5.74, 6) is 0. The standard InChI is InChI=1S/C13H21BrN4O2/c1-9(2)18-13(19)12(14)11(7-16-18)17-4-5-20-10(8-17)6-15-3/h7,9-10,15H,4-6,8H2,1-3H3. The maximum Gasteiger partial charge on any atom is 0.283 e. The molecule has 0 aromatic carbocycles. The van der Waals surface area contributed by atoms with Crippen molar-refractivity contribution >= 4 is 21.6 Å². The van der Waals surface area contributed by atoms with Crippen LogP contribution < -0.4 is 15.8 Å². The summed E-state index contributed by atoms with van der Waals surface area (Å²) in [6.07, 6.45) is 1.89. The predicted octanol–water partition coefficient (Wildman–Crippen LogP) is 1.01. The van der Waals surface area contributed by atoms with E-state index in [4.69, 9.17) is 4.74 Å². The fourth-order valence-electron chi connectivity index (χ4n) is 2.31. The van der Waals surface area contributed by atoms with Crippen molar-refractivity contribution in [3.63, 3.8) is 0 Å². The minimum atomic E-state index is -0.0887. The van der Waals surface area contributed by atoms with E-state index in [-0.39, 0.29) is 17.7 Å². The maximum atomic E-state index is 12.3. The van der Waals surface area contributed by atoms with E-state index in [1.165, 1.54) is 4.68 Å². The maximum absolute atomic E-state index is 12.3. The number of hydrogen-bond acceptors (Lipinski definition) is 5. The van der Waals surface area contributed by atoms with E-state index in [0.717, 1.165) is 25.3 Å². The molecule has 0 aliphatic carbocycles. The Morgan fingerprint density at radius 2 is 2.35 bits per heavy atom. The van der Waals surface area contributed by atoms with Gasteiger partial charge in [-0.25, -0.2) is 4.68 Å². The Labute approximate surface area is 127 Å². The molecule has 1 saturated heterocycles. The first-order valence-electron chi connectivity index (χ1n) is 6.83. The molecule has 0 radical (unpaired) electrons. The molecule has 0 amide bonds. The number of likely N-dealkylation sites (N-methyl/N-ethyl adjacent to an activating group) is 1. The molecule has 1 atom stereocenters. The van der Waals surface area contributed by atoms with Crippen LogP contribution in [0.25, 0.3) is 0 Å². The highest BCUT2D eigenvalue weighted by molar-refractivity contribution is 9.10. The van der Waals surface area contributed by atoms with E-state index in [1.807, 2.05) is 20.9 Å². The molecule has 112 valence electrons. The average molecular weight is 345 g/mol. The SMILES string of the molecule is CNCC1CN(c2cnn(C(C)C)c(=O)c2Br)CCO1. The summed E-state index contributed by atoms with van der Waals surface area (Å²) >= 11 is 3.42. The highest BCUT2D eigenvalue weighted by Crippen LogP contribution is 2.24. The molecule has 0 spiro atoms. The third-order valence-corrected chi connectivity index (χ3v) is 4.07. The molecule has 7 heteroatoms. The molecule has 1 aliphatic rings. The summed E-state index contributed by atoms with van der Waals surface area (Å²) in [5.41, 5.74) is 0.755. The van der Waals surface area contributed by atoms with Crippen LogP contribution in [-0.2, 0) is 4.74 Å². The van der Waals surface area contributed by atoms with E-state index in [2.05, 4.69) is 31.2 Å². The van der Waals surface area contributed by atoms with Gasteiger partial charge in [0.05, 0.1) is 30.6 Å². The number of rotatable bonds is 4. The van der Waals surface area contributed by atoms with Gasteiger partial charge in [0.15, 0.2) is 0 Å². The number of morpholine rings is 1. The zero-order valence-electron chi connectivity index (χ0n) is 12.1. The molecule has 1 N–H and O–H groups in total. The zero-order chi connectivity index (χ0) is 14.7. The van der Waals surface area contributed by atoms with Gasteiger partial charge in [-0.05, 0) is 36.8 Å². The molecule has 1 aromatic heterocycles.